The number of nitrogens with zero attached hydrogens (tertiary/aromatic N) is 4. The zero-order chi connectivity index (χ0) is 26.6. The topological polar surface area (TPSA) is 83.0 Å². The van der Waals surface area contributed by atoms with Crippen molar-refractivity contribution >= 4 is 28.5 Å². The molecule has 0 spiro atoms. The first-order valence-electron chi connectivity index (χ1n) is 13.1. The number of rotatable bonds is 6. The van der Waals surface area contributed by atoms with Gasteiger partial charge in [-0.15, -0.1) is 10.2 Å². The molecule has 0 aliphatic carbocycles. The van der Waals surface area contributed by atoms with Gasteiger partial charge in [0, 0.05) is 55.6 Å². The van der Waals surface area contributed by atoms with E-state index in [1.165, 1.54) is 50.6 Å². The Hall–Kier alpha value is -4.39. The highest BCUT2D eigenvalue weighted by Crippen LogP contribution is 2.46. The lowest BCUT2D eigenvalue weighted by atomic mass is 9.89. The van der Waals surface area contributed by atoms with Crippen molar-refractivity contribution in [1.29, 1.82) is 5.41 Å². The van der Waals surface area contributed by atoms with Gasteiger partial charge in [0.2, 0.25) is 5.89 Å². The number of hydrogen-bond acceptors (Lipinski definition) is 6. The average Bonchev–Trinajstić information content (AvgIpc) is 3.57. The van der Waals surface area contributed by atoms with Crippen molar-refractivity contribution in [2.45, 2.75) is 33.7 Å². The summed E-state index contributed by atoms with van der Waals surface area (Å²) in [7, 11) is 4.03. The first-order chi connectivity index (χ1) is 18.4. The highest BCUT2D eigenvalue weighted by atomic mass is 16.4. The van der Waals surface area contributed by atoms with Crippen LogP contribution >= 0.6 is 0 Å². The molecule has 0 saturated heterocycles. The molecule has 3 aromatic carbocycles. The van der Waals surface area contributed by atoms with Crippen LogP contribution in [0.4, 0.5) is 11.4 Å². The van der Waals surface area contributed by atoms with Crippen molar-refractivity contribution in [2.75, 3.05) is 30.9 Å². The predicted octanol–water partition coefficient (Wildman–Crippen LogP) is 6.69. The predicted molar refractivity (Wildman–Crippen MR) is 156 cm³/mol. The van der Waals surface area contributed by atoms with E-state index in [4.69, 9.17) is 9.83 Å². The van der Waals surface area contributed by atoms with Gasteiger partial charge in [0.05, 0.1) is 11.2 Å². The van der Waals surface area contributed by atoms with E-state index in [1.54, 1.807) is 0 Å². The maximum Gasteiger partial charge on any atom is 0.264 e. The quantitative estimate of drug-likeness (QED) is 0.252. The minimum absolute atomic E-state index is 0.446. The molecule has 7 heteroatoms. The fraction of sp³-hybridized carbons (Fsp3) is 0.258. The van der Waals surface area contributed by atoms with Crippen LogP contribution < -0.4 is 10.2 Å². The van der Waals surface area contributed by atoms with Gasteiger partial charge < -0.3 is 24.6 Å². The molecule has 0 atom stereocenters. The van der Waals surface area contributed by atoms with Crippen LogP contribution in [0.2, 0.25) is 0 Å². The van der Waals surface area contributed by atoms with E-state index >= 15 is 0 Å². The number of likely N-dealkylation sites (N-methyl/N-ethyl adjacent to an activating group) is 1. The molecule has 0 saturated carbocycles. The molecule has 2 aromatic heterocycles. The summed E-state index contributed by atoms with van der Waals surface area (Å²) < 4.78 is 8.63. The molecular weight excluding hydrogens is 472 g/mol. The molecule has 6 rings (SSSR count). The number of aromatic nitrogens is 3. The molecule has 1 aliphatic heterocycles. The van der Waals surface area contributed by atoms with E-state index in [0.29, 0.717) is 11.8 Å². The van der Waals surface area contributed by atoms with E-state index in [0.717, 1.165) is 42.0 Å². The maximum atomic E-state index is 7.76. The van der Waals surface area contributed by atoms with E-state index in [-0.39, 0.29) is 0 Å². The zero-order valence-electron chi connectivity index (χ0n) is 22.5. The highest BCUT2D eigenvalue weighted by molar-refractivity contribution is 6.08. The second-order valence-corrected chi connectivity index (χ2v) is 10.0. The van der Waals surface area contributed by atoms with Crippen LogP contribution in [0.3, 0.4) is 0 Å². The summed E-state index contributed by atoms with van der Waals surface area (Å²) in [6.07, 6.45) is 2.28. The van der Waals surface area contributed by atoms with Gasteiger partial charge in [0.25, 0.3) is 5.89 Å². The monoisotopic (exact) mass is 504 g/mol. The van der Waals surface area contributed by atoms with Gasteiger partial charge in [0.15, 0.2) is 0 Å². The Morgan fingerprint density at radius 3 is 2.45 bits per heavy atom. The van der Waals surface area contributed by atoms with Crippen LogP contribution in [-0.4, -0.2) is 41.6 Å². The third kappa shape index (κ3) is 3.61. The molecule has 0 radical (unpaired) electrons. The fourth-order valence-corrected chi connectivity index (χ4v) is 5.88. The molecule has 0 fully saturated rings. The number of nitrogens with one attached hydrogen (secondary N) is 2. The molecule has 0 bridgehead atoms. The minimum Gasteiger partial charge on any atom is -0.415 e. The van der Waals surface area contributed by atoms with Crippen molar-refractivity contribution in [3.63, 3.8) is 0 Å². The molecule has 3 heterocycles. The molecule has 38 heavy (non-hydrogen) atoms. The molecular formula is C31H32N6O. The molecule has 192 valence electrons. The van der Waals surface area contributed by atoms with E-state index in [2.05, 4.69) is 83.1 Å². The number of hydrogen-bond donors (Lipinski definition) is 2. The molecule has 7 nitrogen and oxygen atoms in total. The Kier molecular flexibility index (Phi) is 5.79. The van der Waals surface area contributed by atoms with Crippen LogP contribution in [0.1, 0.15) is 29.2 Å². The van der Waals surface area contributed by atoms with Gasteiger partial charge in [0.1, 0.15) is 5.69 Å². The van der Waals surface area contributed by atoms with Gasteiger partial charge in [-0.25, -0.2) is 0 Å². The maximum absolute atomic E-state index is 7.76. The second kappa shape index (κ2) is 9.17. The standard InChI is InChI=1S/C31H32N6O/c1-6-23-19(3)28-29-24(27(23)20-9-7-18(2)8-10-20)16-26(37(29)14-13-36(28)5)31-35-34-30(38-31)21-11-12-25(33-4)22(15-21)17-32/h7-12,15-17,32-33H,6,13-14H2,1-5H3. The first-order valence-corrected chi connectivity index (χ1v) is 13.1. The Labute approximate surface area is 222 Å². The summed E-state index contributed by atoms with van der Waals surface area (Å²) in [5.74, 6) is 0.951. The Morgan fingerprint density at radius 1 is 1.00 bits per heavy atom. The molecule has 0 unspecified atom stereocenters. The molecule has 2 N–H and O–H groups in total. The normalized spacial score (nSPS) is 12.8. The van der Waals surface area contributed by atoms with Gasteiger partial charge in [-0.2, -0.15) is 0 Å². The van der Waals surface area contributed by atoms with Gasteiger partial charge >= 0.3 is 0 Å². The second-order valence-electron chi connectivity index (χ2n) is 10.0. The van der Waals surface area contributed by atoms with Crippen LogP contribution in [0.5, 0.6) is 0 Å². The van der Waals surface area contributed by atoms with Crippen molar-refractivity contribution in [3.8, 4) is 34.2 Å². The van der Waals surface area contributed by atoms with Crippen LogP contribution in [0.25, 0.3) is 45.1 Å². The molecule has 0 amide bonds. The van der Waals surface area contributed by atoms with Gasteiger partial charge in [-0.3, -0.25) is 0 Å². The van der Waals surface area contributed by atoms with Gasteiger partial charge in [-0.1, -0.05) is 36.8 Å². The lowest BCUT2D eigenvalue weighted by Crippen LogP contribution is -2.29. The summed E-state index contributed by atoms with van der Waals surface area (Å²) in [5.41, 5.74) is 12.4. The number of aryl methyl sites for hydroxylation is 1. The summed E-state index contributed by atoms with van der Waals surface area (Å²) in [4.78, 5) is 2.38. The summed E-state index contributed by atoms with van der Waals surface area (Å²) >= 11 is 0. The van der Waals surface area contributed by atoms with E-state index in [9.17, 15) is 0 Å². The van der Waals surface area contributed by atoms with Crippen LogP contribution in [-0.2, 0) is 13.0 Å². The lowest BCUT2D eigenvalue weighted by molar-refractivity contribution is 0.573. The van der Waals surface area contributed by atoms with Crippen molar-refractivity contribution in [3.05, 3.63) is 70.8 Å². The number of benzene rings is 3. The van der Waals surface area contributed by atoms with Gasteiger partial charge in [-0.05, 0) is 66.8 Å². The SMILES string of the molecule is CCc1c(C)c2c3c(cc(-c4nnc(-c5ccc(NC)c(C=N)c5)o4)n3CCN2C)c1-c1ccc(C)cc1. The third-order valence-corrected chi connectivity index (χ3v) is 7.80. The summed E-state index contributed by atoms with van der Waals surface area (Å²) in [6, 6.07) is 16.8. The van der Waals surface area contributed by atoms with Crippen molar-refractivity contribution in [2.24, 2.45) is 0 Å². The Bertz CT molecular complexity index is 1690. The van der Waals surface area contributed by atoms with Crippen molar-refractivity contribution in [1.82, 2.24) is 14.8 Å². The largest absolute Gasteiger partial charge is 0.415 e. The molecule has 5 aromatic rings. The van der Waals surface area contributed by atoms with Crippen molar-refractivity contribution < 1.29 is 4.42 Å². The summed E-state index contributed by atoms with van der Waals surface area (Å²) in [5, 5.41) is 21.0. The van der Waals surface area contributed by atoms with Crippen LogP contribution in [0, 0.1) is 19.3 Å². The average molecular weight is 505 g/mol. The Morgan fingerprint density at radius 2 is 1.74 bits per heavy atom. The lowest BCUT2D eigenvalue weighted by Gasteiger charge is -2.31. The van der Waals surface area contributed by atoms with E-state index < -0.39 is 0 Å². The number of anilines is 2. The first kappa shape index (κ1) is 24.0. The third-order valence-electron chi connectivity index (χ3n) is 7.80. The van der Waals surface area contributed by atoms with Crippen LogP contribution in [0.15, 0.2) is 52.9 Å². The highest BCUT2D eigenvalue weighted by Gasteiger charge is 2.29. The van der Waals surface area contributed by atoms with E-state index in [1.807, 2.05) is 25.2 Å². The summed E-state index contributed by atoms with van der Waals surface area (Å²) in [6.45, 7) is 8.37. The Balaban J connectivity index is 1.57. The zero-order valence-corrected chi connectivity index (χ0v) is 22.5. The smallest absolute Gasteiger partial charge is 0.264 e. The minimum atomic E-state index is 0.446. The molecule has 1 aliphatic rings. The fourth-order valence-electron chi connectivity index (χ4n) is 5.88.